The summed E-state index contributed by atoms with van der Waals surface area (Å²) in [5.74, 6) is 6.81. The number of nitrogen functional groups attached to an aromatic ring is 1. The number of allylic oxidation sites excluding steroid dienone is 2. The first-order chi connectivity index (χ1) is 12.6. The smallest absolute Gasteiger partial charge is 0.214 e. The van der Waals surface area contributed by atoms with E-state index in [1.165, 1.54) is 4.68 Å². The molecule has 1 atom stereocenters. The summed E-state index contributed by atoms with van der Waals surface area (Å²) in [6.07, 6.45) is 3.12. The average Bonchev–Trinajstić information content (AvgIpc) is 3.01. The molecule has 130 valence electrons. The van der Waals surface area contributed by atoms with Crippen LogP contribution < -0.4 is 5.84 Å². The van der Waals surface area contributed by atoms with Crippen molar-refractivity contribution >= 4 is 23.6 Å². The van der Waals surface area contributed by atoms with Gasteiger partial charge in [-0.3, -0.25) is 4.79 Å². The van der Waals surface area contributed by atoms with Crippen molar-refractivity contribution in [1.29, 1.82) is 0 Å². The van der Waals surface area contributed by atoms with Crippen LogP contribution in [0.1, 0.15) is 29.9 Å². The van der Waals surface area contributed by atoms with Crippen LogP contribution in [0.4, 0.5) is 0 Å². The molecule has 0 radical (unpaired) electrons. The Labute approximate surface area is 156 Å². The molecule has 1 heterocycles. The number of rotatable bonds is 3. The first-order valence-corrected chi connectivity index (χ1v) is 8.84. The lowest BCUT2D eigenvalue weighted by molar-refractivity contribution is -0.115. The average molecular weight is 362 g/mol. The number of carbonyl (C=O) groups is 1. The number of aromatic amines is 1. The molecule has 1 unspecified atom stereocenters. The fourth-order valence-corrected chi connectivity index (χ4v) is 3.55. The number of nitrogens with zero attached hydrogens (tertiary/aromatic N) is 2. The van der Waals surface area contributed by atoms with Gasteiger partial charge in [0.05, 0.1) is 0 Å². The fourth-order valence-electron chi connectivity index (χ4n) is 3.42. The van der Waals surface area contributed by atoms with E-state index in [1.54, 1.807) is 6.08 Å². The summed E-state index contributed by atoms with van der Waals surface area (Å²) in [7, 11) is 0. The van der Waals surface area contributed by atoms with E-state index in [2.05, 4.69) is 16.3 Å². The maximum Gasteiger partial charge on any atom is 0.214 e. The van der Waals surface area contributed by atoms with Crippen LogP contribution in [0.5, 0.6) is 0 Å². The van der Waals surface area contributed by atoms with Crippen molar-refractivity contribution in [3.63, 3.8) is 0 Å². The minimum atomic E-state index is 0.135. The third kappa shape index (κ3) is 3.11. The summed E-state index contributed by atoms with van der Waals surface area (Å²) in [4.78, 5) is 12.3. The van der Waals surface area contributed by atoms with E-state index in [0.29, 0.717) is 17.0 Å². The van der Waals surface area contributed by atoms with Gasteiger partial charge in [-0.1, -0.05) is 48.5 Å². The quantitative estimate of drug-likeness (QED) is 0.548. The Hall–Kier alpha value is -2.99. The van der Waals surface area contributed by atoms with Gasteiger partial charge in [0.1, 0.15) is 0 Å². The van der Waals surface area contributed by atoms with Crippen molar-refractivity contribution in [1.82, 2.24) is 14.9 Å². The molecule has 3 aromatic rings. The lowest BCUT2D eigenvalue weighted by atomic mass is 9.80. The maximum atomic E-state index is 12.3. The zero-order valence-corrected chi connectivity index (χ0v) is 14.9. The van der Waals surface area contributed by atoms with Gasteiger partial charge in [0.25, 0.3) is 0 Å². The van der Waals surface area contributed by atoms with E-state index in [4.69, 9.17) is 18.1 Å². The molecule has 3 N–H and O–H groups in total. The predicted molar refractivity (Wildman–Crippen MR) is 104 cm³/mol. The van der Waals surface area contributed by atoms with Gasteiger partial charge in [0.15, 0.2) is 11.6 Å². The summed E-state index contributed by atoms with van der Waals surface area (Å²) in [6.45, 7) is 0. The molecule has 4 rings (SSSR count). The number of ketones is 1. The molecule has 6 heteroatoms. The molecule has 1 aromatic heterocycles. The van der Waals surface area contributed by atoms with Crippen molar-refractivity contribution in [2.75, 3.05) is 5.84 Å². The number of benzene rings is 2. The van der Waals surface area contributed by atoms with Gasteiger partial charge in [0, 0.05) is 12.0 Å². The van der Waals surface area contributed by atoms with E-state index in [9.17, 15) is 4.79 Å². The Morgan fingerprint density at radius 2 is 1.85 bits per heavy atom. The number of hydrogen-bond donors (Lipinski definition) is 2. The van der Waals surface area contributed by atoms with Crippen molar-refractivity contribution < 1.29 is 4.79 Å². The molecule has 5 nitrogen and oxygen atoms in total. The van der Waals surface area contributed by atoms with Crippen LogP contribution >= 0.6 is 12.2 Å². The van der Waals surface area contributed by atoms with Crippen LogP contribution in [0.2, 0.25) is 0 Å². The topological polar surface area (TPSA) is 76.7 Å². The van der Waals surface area contributed by atoms with Crippen molar-refractivity contribution in [3.8, 4) is 11.4 Å². The van der Waals surface area contributed by atoms with Crippen LogP contribution in [-0.2, 0) is 4.79 Å². The predicted octanol–water partition coefficient (Wildman–Crippen LogP) is 3.85. The van der Waals surface area contributed by atoms with Gasteiger partial charge in [-0.15, -0.1) is 0 Å². The van der Waals surface area contributed by atoms with Gasteiger partial charge in [-0.05, 0) is 53.4 Å². The van der Waals surface area contributed by atoms with Gasteiger partial charge < -0.3 is 5.84 Å². The van der Waals surface area contributed by atoms with Crippen LogP contribution in [-0.4, -0.2) is 20.7 Å². The largest absolute Gasteiger partial charge is 0.335 e. The summed E-state index contributed by atoms with van der Waals surface area (Å²) < 4.78 is 1.73. The lowest BCUT2D eigenvalue weighted by Gasteiger charge is -2.23. The molecule has 0 fully saturated rings. The Morgan fingerprint density at radius 1 is 1.08 bits per heavy atom. The molecule has 0 bridgehead atoms. The normalized spacial score (nSPS) is 17.2. The van der Waals surface area contributed by atoms with E-state index in [-0.39, 0.29) is 11.7 Å². The second kappa shape index (κ2) is 6.72. The Kier molecular flexibility index (Phi) is 4.26. The number of H-pyrrole nitrogens is 1. The van der Waals surface area contributed by atoms with E-state index < -0.39 is 0 Å². The molecule has 0 saturated carbocycles. The molecule has 0 aliphatic heterocycles. The number of aromatic nitrogens is 3. The number of nitrogens with two attached hydrogens (primary N) is 1. The summed E-state index contributed by atoms with van der Waals surface area (Å²) in [5.41, 5.74) is 4.16. The highest BCUT2D eigenvalue weighted by Gasteiger charge is 2.23. The van der Waals surface area contributed by atoms with Crippen LogP contribution in [0.3, 0.4) is 0 Å². The van der Waals surface area contributed by atoms with Gasteiger partial charge in [0.2, 0.25) is 4.77 Å². The van der Waals surface area contributed by atoms with E-state index in [1.807, 2.05) is 48.5 Å². The molecule has 1 aliphatic rings. The highest BCUT2D eigenvalue weighted by Crippen LogP contribution is 2.36. The molecule has 1 aliphatic carbocycles. The SMILES string of the molecule is Nn1c(-c2cccc(C3CC(=O)C=C(c4ccccc4)C3)c2)n[nH]c1=S. The van der Waals surface area contributed by atoms with Gasteiger partial charge in [-0.25, -0.2) is 9.77 Å². The number of hydrogen-bond acceptors (Lipinski definition) is 4. The first-order valence-electron chi connectivity index (χ1n) is 8.43. The van der Waals surface area contributed by atoms with Crippen LogP contribution in [0, 0.1) is 4.77 Å². The third-order valence-electron chi connectivity index (χ3n) is 4.71. The Morgan fingerprint density at radius 3 is 2.58 bits per heavy atom. The minimum Gasteiger partial charge on any atom is -0.335 e. The Bertz CT molecular complexity index is 1050. The molecule has 2 aromatic carbocycles. The second-order valence-corrected chi connectivity index (χ2v) is 6.84. The van der Waals surface area contributed by atoms with E-state index >= 15 is 0 Å². The first kappa shape index (κ1) is 16.5. The maximum absolute atomic E-state index is 12.3. The summed E-state index contributed by atoms with van der Waals surface area (Å²) >= 11 is 5.08. The highest BCUT2D eigenvalue weighted by atomic mass is 32.1. The fraction of sp³-hybridized carbons (Fsp3) is 0.150. The monoisotopic (exact) mass is 362 g/mol. The van der Waals surface area contributed by atoms with Crippen molar-refractivity contribution in [2.45, 2.75) is 18.8 Å². The molecular formula is C20H18N4OS. The van der Waals surface area contributed by atoms with Crippen molar-refractivity contribution in [3.05, 3.63) is 76.6 Å². The summed E-state index contributed by atoms with van der Waals surface area (Å²) in [5, 5.41) is 6.89. The van der Waals surface area contributed by atoms with Gasteiger partial charge >= 0.3 is 0 Å². The number of carbonyl (C=O) groups excluding carboxylic acids is 1. The van der Waals surface area contributed by atoms with Gasteiger partial charge in [-0.2, -0.15) is 5.10 Å². The van der Waals surface area contributed by atoms with Crippen molar-refractivity contribution in [2.24, 2.45) is 0 Å². The summed E-state index contributed by atoms with van der Waals surface area (Å²) in [6, 6.07) is 18.1. The minimum absolute atomic E-state index is 0.135. The van der Waals surface area contributed by atoms with Crippen LogP contribution in [0.25, 0.3) is 17.0 Å². The second-order valence-electron chi connectivity index (χ2n) is 6.45. The third-order valence-corrected chi connectivity index (χ3v) is 5.00. The molecule has 26 heavy (non-hydrogen) atoms. The van der Waals surface area contributed by atoms with Crippen LogP contribution in [0.15, 0.2) is 60.7 Å². The molecule has 0 saturated heterocycles. The Balaban J connectivity index is 1.67. The standard InChI is InChI=1S/C20H18N4OS/c21-24-19(22-23-20(24)26)15-8-4-7-14(9-15)17-10-16(11-18(25)12-17)13-5-2-1-3-6-13/h1-9,11,17H,10,12,21H2,(H,23,26). The zero-order valence-electron chi connectivity index (χ0n) is 14.1. The zero-order chi connectivity index (χ0) is 18.1. The lowest BCUT2D eigenvalue weighted by Crippen LogP contribution is -2.13. The van der Waals surface area contributed by atoms with E-state index in [0.717, 1.165) is 28.7 Å². The molecule has 0 amide bonds. The molecule has 0 spiro atoms. The molecular weight excluding hydrogens is 344 g/mol. The number of nitrogens with one attached hydrogen (secondary N) is 1. The highest BCUT2D eigenvalue weighted by molar-refractivity contribution is 7.71.